The monoisotopic (exact) mass is 1940 g/mol. The van der Waals surface area contributed by atoms with E-state index in [1.807, 2.05) is 23.5 Å². The number of para-hydroxylation sites is 8. The van der Waals surface area contributed by atoms with Gasteiger partial charge in [0.25, 0.3) is 0 Å². The highest BCUT2D eigenvalue weighted by Gasteiger charge is 2.29. The zero-order valence-corrected chi connectivity index (χ0v) is 83.2. The fraction of sp³-hybridized carbons (Fsp3) is 0. The first kappa shape index (κ1) is 87.6. The summed E-state index contributed by atoms with van der Waals surface area (Å²) >= 11 is 3.67. The van der Waals surface area contributed by atoms with Gasteiger partial charge in [-0.2, -0.15) is 0 Å². The summed E-state index contributed by atoms with van der Waals surface area (Å²) in [6.07, 6.45) is 0. The van der Waals surface area contributed by atoms with Gasteiger partial charge in [-0.1, -0.05) is 375 Å². The lowest BCUT2D eigenvalue weighted by Gasteiger charge is -2.32. The third kappa shape index (κ3) is 15.4. The second-order valence-electron chi connectivity index (χ2n) is 39.0. The van der Waals surface area contributed by atoms with Gasteiger partial charge < -0.3 is 28.1 Å². The van der Waals surface area contributed by atoms with Crippen LogP contribution in [-0.2, 0) is 0 Å². The molecule has 150 heavy (non-hydrogen) atoms. The predicted molar refractivity (Wildman–Crippen MR) is 634 cm³/mol. The largest absolute Gasteiger partial charge is 0.309 e. The molecule has 0 atom stereocenters. The quantitative estimate of drug-likeness (QED) is 0.102. The van der Waals surface area contributed by atoms with Crippen molar-refractivity contribution in [1.29, 1.82) is 0 Å². The van der Waals surface area contributed by atoms with Crippen LogP contribution in [0.2, 0.25) is 0 Å². The molecule has 0 bridgehead atoms. The summed E-state index contributed by atoms with van der Waals surface area (Å²) in [4.78, 5) is 9.83. The molecule has 0 amide bonds. The van der Waals surface area contributed by atoms with E-state index in [1.165, 1.54) is 252 Å². The maximum atomic E-state index is 2.43. The van der Waals surface area contributed by atoms with Crippen LogP contribution in [0.5, 0.6) is 0 Å². The van der Waals surface area contributed by atoms with Crippen molar-refractivity contribution in [3.8, 4) is 123 Å². The summed E-state index contributed by atoms with van der Waals surface area (Å²) in [7, 11) is 0. The first-order valence-corrected chi connectivity index (χ1v) is 52.9. The highest BCUT2D eigenvalue weighted by atomic mass is 32.2. The Morgan fingerprint density at radius 1 is 0.113 bits per heavy atom. The number of benzene rings is 24. The lowest BCUT2D eigenvalue weighted by molar-refractivity contribution is 1.17. The van der Waals surface area contributed by atoms with Gasteiger partial charge in [0, 0.05) is 96.8 Å². The molecule has 24 aromatic carbocycles. The first-order valence-electron chi connectivity index (χ1n) is 51.3. The van der Waals surface area contributed by atoms with Gasteiger partial charge in [0.15, 0.2) is 0 Å². The Balaban J connectivity index is 0.000000141. The molecule has 8 heteroatoms. The lowest BCUT2D eigenvalue weighted by Crippen LogP contribution is -2.14. The van der Waals surface area contributed by atoms with Crippen LogP contribution in [0.3, 0.4) is 0 Å². The van der Waals surface area contributed by atoms with Crippen LogP contribution in [-0.4, -0.2) is 18.3 Å². The van der Waals surface area contributed by atoms with Crippen molar-refractivity contribution in [1.82, 2.24) is 18.3 Å². The van der Waals surface area contributed by atoms with Gasteiger partial charge in [0.2, 0.25) is 0 Å². The summed E-state index contributed by atoms with van der Waals surface area (Å²) in [5.74, 6) is 0. The Bertz CT molecular complexity index is 9560. The molecule has 0 spiro atoms. The van der Waals surface area contributed by atoms with Gasteiger partial charge in [-0.25, -0.2) is 0 Å². The summed E-state index contributed by atoms with van der Waals surface area (Å²) in [6.45, 7) is 0. The Morgan fingerprint density at radius 3 is 0.627 bits per heavy atom. The molecular formula is C142H92N6S2. The maximum absolute atomic E-state index is 2.43. The van der Waals surface area contributed by atoms with Gasteiger partial charge in [0.05, 0.1) is 66.9 Å². The summed E-state index contributed by atoms with van der Waals surface area (Å²) in [6, 6.07) is 205. The van der Waals surface area contributed by atoms with Crippen molar-refractivity contribution in [2.75, 3.05) is 9.80 Å². The van der Waals surface area contributed by atoms with E-state index in [0.717, 1.165) is 22.7 Å². The SMILES string of the molecule is c1ccc(-c2ccc(-n3c4ccc(-c5ccc(-c6ccc7c(c6)c6ccccc6n7-c6ccccc6)cc5)cc4c4cc(-c5ccc(-c6ccc7c(c6)c6ccccc6n7-c6ccccc6)cc5)ccc43)cc2)cc1.c1ccc2c(c1)Sc1ccccc1N2c1ccc(-c2ccc(-c3ccc4c(c3)c3cc(-c5ccc(-c6ccc(N7c8ccccc8Sc8ccccc87)cc6)cc5)ccc3n4-c3ccc4ccccc4c3)cc2)cc1. The molecule has 4 aromatic heterocycles. The molecule has 30 rings (SSSR count). The zero-order chi connectivity index (χ0) is 98.8. The van der Waals surface area contributed by atoms with Gasteiger partial charge in [-0.3, -0.25) is 0 Å². The number of hydrogen-bond acceptors (Lipinski definition) is 4. The Kier molecular flexibility index (Phi) is 21.4. The third-order valence-corrected chi connectivity index (χ3v) is 32.7. The van der Waals surface area contributed by atoms with Crippen LogP contribution < -0.4 is 9.80 Å². The van der Waals surface area contributed by atoms with E-state index in [-0.39, 0.29) is 0 Å². The summed E-state index contributed by atoms with van der Waals surface area (Å²) in [5, 5.41) is 12.4. The first-order chi connectivity index (χ1) is 74.3. The van der Waals surface area contributed by atoms with Gasteiger partial charge >= 0.3 is 0 Å². The predicted octanol–water partition coefficient (Wildman–Crippen LogP) is 39.8. The minimum absolute atomic E-state index is 1.14. The smallest absolute Gasteiger partial charge is 0.0601 e. The van der Waals surface area contributed by atoms with E-state index in [1.54, 1.807) is 0 Å². The van der Waals surface area contributed by atoms with E-state index < -0.39 is 0 Å². The van der Waals surface area contributed by atoms with Gasteiger partial charge in [-0.05, 0) is 317 Å². The van der Waals surface area contributed by atoms with Crippen molar-refractivity contribution in [2.24, 2.45) is 0 Å². The molecule has 0 fully saturated rings. The molecule has 0 saturated carbocycles. The van der Waals surface area contributed by atoms with E-state index >= 15 is 0 Å². The van der Waals surface area contributed by atoms with Crippen molar-refractivity contribution in [3.63, 3.8) is 0 Å². The van der Waals surface area contributed by atoms with E-state index in [4.69, 9.17) is 0 Å². The van der Waals surface area contributed by atoms with Crippen LogP contribution in [0.1, 0.15) is 0 Å². The molecule has 6 heterocycles. The average Bonchev–Trinajstić information content (AvgIpc) is 1.56. The molecule has 2 aliphatic heterocycles. The number of nitrogens with zero attached hydrogens (tertiary/aromatic N) is 6. The minimum atomic E-state index is 1.14. The van der Waals surface area contributed by atoms with Crippen molar-refractivity contribution in [3.05, 3.63) is 558 Å². The molecule has 6 nitrogen and oxygen atoms in total. The zero-order valence-electron chi connectivity index (χ0n) is 81.6. The van der Waals surface area contributed by atoms with Crippen molar-refractivity contribution >= 4 is 156 Å². The summed E-state index contributed by atoms with van der Waals surface area (Å²) < 4.78 is 9.61. The number of fused-ring (bicyclic) bond motifs is 17. The van der Waals surface area contributed by atoms with Crippen molar-refractivity contribution in [2.45, 2.75) is 19.6 Å². The van der Waals surface area contributed by atoms with E-state index in [2.05, 4.69) is 586 Å². The fourth-order valence-corrected chi connectivity index (χ4v) is 25.2. The van der Waals surface area contributed by atoms with E-state index in [9.17, 15) is 0 Å². The number of aromatic nitrogens is 4. The summed E-state index contributed by atoms with van der Waals surface area (Å²) in [5.41, 5.74) is 42.8. The Morgan fingerprint density at radius 2 is 0.313 bits per heavy atom. The second-order valence-corrected chi connectivity index (χ2v) is 41.2. The van der Waals surface area contributed by atoms with Crippen LogP contribution in [0.15, 0.2) is 578 Å². The van der Waals surface area contributed by atoms with Crippen molar-refractivity contribution < 1.29 is 0 Å². The molecule has 28 aromatic rings. The number of anilines is 6. The molecule has 0 saturated heterocycles. The van der Waals surface area contributed by atoms with Gasteiger partial charge in [0.1, 0.15) is 0 Å². The molecule has 0 N–H and O–H groups in total. The van der Waals surface area contributed by atoms with Crippen LogP contribution in [0, 0.1) is 0 Å². The third-order valence-electron chi connectivity index (χ3n) is 30.4. The highest BCUT2D eigenvalue weighted by molar-refractivity contribution is 8.00. The van der Waals surface area contributed by atoms with E-state index in [0.29, 0.717) is 0 Å². The van der Waals surface area contributed by atoms with Gasteiger partial charge in [-0.15, -0.1) is 0 Å². The normalized spacial score (nSPS) is 12.2. The second kappa shape index (κ2) is 36.7. The molecular weight excluding hydrogens is 1850 g/mol. The Labute approximate surface area is 877 Å². The topological polar surface area (TPSA) is 26.2 Å². The fourth-order valence-electron chi connectivity index (χ4n) is 23.1. The standard InChI is InChI=1S/C72H47N3.C70H45N3S2/c1-4-14-48(15-5-1)49-32-38-60(39-33-49)75-71-42-36-56(52-28-24-50(25-29-52)54-34-40-69-63(44-54)61-20-10-12-22-67(61)73(69)58-16-6-2-7-17-58)46-65(71)66-47-57(37-43-72(66)75)53-30-26-51(27-31-53)55-35-41-70-64(45-55)62-21-11-13-23-68(62)74(70)59-18-8-3-9-19-59;1-2-12-53-43-58(40-33-46(53)11-1)73-61-41-34-54(51-25-21-47(22-26-51)49-29-36-56(37-30-49)71-63-13-3-7-17-67(63)74-68-18-8-4-14-64(68)71)44-59(61)60-45-55(35-42-62(60)73)52-27-23-48(24-28-52)50-31-38-57(39-32-50)72-65-15-5-9-19-69(65)75-70-20-10-6-16-66(70)72/h1-47H;1-45H. The number of hydrogen-bond donors (Lipinski definition) is 0. The van der Waals surface area contributed by atoms with Crippen LogP contribution in [0.4, 0.5) is 34.1 Å². The Hall–Kier alpha value is -19.0. The molecule has 0 radical (unpaired) electrons. The minimum Gasteiger partial charge on any atom is -0.309 e. The molecule has 2 aliphatic rings. The average molecular weight is 1950 g/mol. The maximum Gasteiger partial charge on any atom is 0.0601 e. The molecule has 702 valence electrons. The lowest BCUT2D eigenvalue weighted by atomic mass is 9.97. The number of rotatable bonds is 15. The van der Waals surface area contributed by atoms with Crippen LogP contribution >= 0.6 is 23.5 Å². The molecule has 0 aliphatic carbocycles. The van der Waals surface area contributed by atoms with Crippen LogP contribution in [0.25, 0.3) is 221 Å². The highest BCUT2D eigenvalue weighted by Crippen LogP contribution is 2.55. The molecule has 0 unspecified atom stereocenters.